The predicted octanol–water partition coefficient (Wildman–Crippen LogP) is 1.18. The number of hydrogen-bond acceptors (Lipinski definition) is 4. The van der Waals surface area contributed by atoms with E-state index in [9.17, 15) is 4.79 Å². The number of amides is 1. The number of hydrogen-bond donors (Lipinski definition) is 1. The molecule has 1 fully saturated rings. The van der Waals surface area contributed by atoms with Gasteiger partial charge >= 0.3 is 0 Å². The summed E-state index contributed by atoms with van der Waals surface area (Å²) in [6.45, 7) is 5.94. The maximum Gasteiger partial charge on any atom is 0.236 e. The maximum absolute atomic E-state index is 11.8. The summed E-state index contributed by atoms with van der Waals surface area (Å²) >= 11 is 0. The lowest BCUT2D eigenvalue weighted by Gasteiger charge is -2.19. The molecule has 1 aromatic rings. The van der Waals surface area contributed by atoms with Gasteiger partial charge < -0.3 is 10.2 Å². The van der Waals surface area contributed by atoms with Crippen molar-refractivity contribution in [2.24, 2.45) is 0 Å². The Kier molecular flexibility index (Phi) is 4.74. The Morgan fingerprint density at radius 3 is 3.00 bits per heavy atom. The molecule has 5 heteroatoms. The zero-order chi connectivity index (χ0) is 13.7. The molecule has 0 aliphatic carbocycles. The second-order valence-electron chi connectivity index (χ2n) is 4.92. The third kappa shape index (κ3) is 3.92. The van der Waals surface area contributed by atoms with Crippen LogP contribution in [0.1, 0.15) is 19.0 Å². The van der Waals surface area contributed by atoms with E-state index in [1.165, 1.54) is 0 Å². The van der Waals surface area contributed by atoms with E-state index in [-0.39, 0.29) is 5.91 Å². The van der Waals surface area contributed by atoms with Crippen LogP contribution in [0.15, 0.2) is 18.2 Å². The molecule has 1 saturated heterocycles. The first kappa shape index (κ1) is 13.8. The number of carbonyl (C=O) groups excluding carboxylic acids is 1. The SMILES string of the molecule is CCNc1cccc(CN2CCCN(C)C(=O)C2)n1. The molecule has 1 aliphatic rings. The second kappa shape index (κ2) is 6.52. The van der Waals surface area contributed by atoms with Gasteiger partial charge in [-0.2, -0.15) is 0 Å². The van der Waals surface area contributed by atoms with Crippen LogP contribution in [0.3, 0.4) is 0 Å². The Labute approximate surface area is 114 Å². The summed E-state index contributed by atoms with van der Waals surface area (Å²) in [4.78, 5) is 20.4. The Bertz CT molecular complexity index is 435. The standard InChI is InChI=1S/C14H22N4O/c1-3-15-13-7-4-6-12(16-13)10-18-9-5-8-17(2)14(19)11-18/h4,6-7H,3,5,8-11H2,1-2H3,(H,15,16). The molecular weight excluding hydrogens is 240 g/mol. The van der Waals surface area contributed by atoms with Crippen molar-refractivity contribution in [2.45, 2.75) is 19.9 Å². The highest BCUT2D eigenvalue weighted by Gasteiger charge is 2.19. The molecule has 19 heavy (non-hydrogen) atoms. The van der Waals surface area contributed by atoms with Crippen LogP contribution in [-0.2, 0) is 11.3 Å². The molecular formula is C14H22N4O. The molecule has 2 heterocycles. The minimum absolute atomic E-state index is 0.195. The van der Waals surface area contributed by atoms with Crippen molar-refractivity contribution in [1.29, 1.82) is 0 Å². The fraction of sp³-hybridized carbons (Fsp3) is 0.571. The highest BCUT2D eigenvalue weighted by Crippen LogP contribution is 2.10. The molecule has 0 atom stereocenters. The molecule has 0 saturated carbocycles. The molecule has 5 nitrogen and oxygen atoms in total. The molecule has 1 amide bonds. The van der Waals surface area contributed by atoms with Crippen molar-refractivity contribution in [1.82, 2.24) is 14.8 Å². The predicted molar refractivity (Wildman–Crippen MR) is 75.9 cm³/mol. The molecule has 1 aliphatic heterocycles. The van der Waals surface area contributed by atoms with E-state index in [0.29, 0.717) is 6.54 Å². The lowest BCUT2D eigenvalue weighted by atomic mass is 10.3. The quantitative estimate of drug-likeness (QED) is 0.885. The van der Waals surface area contributed by atoms with Gasteiger partial charge in [0.15, 0.2) is 0 Å². The highest BCUT2D eigenvalue weighted by molar-refractivity contribution is 5.78. The zero-order valence-electron chi connectivity index (χ0n) is 11.7. The van der Waals surface area contributed by atoms with E-state index < -0.39 is 0 Å². The normalized spacial score (nSPS) is 17.4. The molecule has 0 bridgehead atoms. The number of aromatic nitrogens is 1. The van der Waals surface area contributed by atoms with Crippen LogP contribution in [0, 0.1) is 0 Å². The van der Waals surface area contributed by atoms with Crippen molar-refractivity contribution in [3.05, 3.63) is 23.9 Å². The summed E-state index contributed by atoms with van der Waals surface area (Å²) in [5.41, 5.74) is 1.01. The first-order chi connectivity index (χ1) is 9.19. The lowest BCUT2D eigenvalue weighted by molar-refractivity contribution is -0.130. The molecule has 104 valence electrons. The Balaban J connectivity index is 1.99. The van der Waals surface area contributed by atoms with Gasteiger partial charge in [0.1, 0.15) is 5.82 Å². The summed E-state index contributed by atoms with van der Waals surface area (Å²) < 4.78 is 0. The van der Waals surface area contributed by atoms with Gasteiger partial charge in [0, 0.05) is 33.2 Å². The van der Waals surface area contributed by atoms with Gasteiger partial charge in [-0.05, 0) is 25.5 Å². The van der Waals surface area contributed by atoms with E-state index in [0.717, 1.165) is 44.1 Å². The molecule has 1 aromatic heterocycles. The monoisotopic (exact) mass is 262 g/mol. The molecule has 0 spiro atoms. The van der Waals surface area contributed by atoms with E-state index in [4.69, 9.17) is 0 Å². The maximum atomic E-state index is 11.8. The summed E-state index contributed by atoms with van der Waals surface area (Å²) in [5, 5.41) is 3.21. The summed E-state index contributed by atoms with van der Waals surface area (Å²) in [6, 6.07) is 5.99. The minimum atomic E-state index is 0.195. The molecule has 0 aromatic carbocycles. The van der Waals surface area contributed by atoms with Crippen LogP contribution < -0.4 is 5.32 Å². The van der Waals surface area contributed by atoms with Gasteiger partial charge in [-0.25, -0.2) is 4.98 Å². The fourth-order valence-electron chi connectivity index (χ4n) is 2.26. The van der Waals surface area contributed by atoms with Crippen LogP contribution in [0.5, 0.6) is 0 Å². The van der Waals surface area contributed by atoms with Gasteiger partial charge in [-0.3, -0.25) is 9.69 Å². The van der Waals surface area contributed by atoms with E-state index in [1.54, 1.807) is 0 Å². The molecule has 2 rings (SSSR count). The number of pyridine rings is 1. The molecule has 0 radical (unpaired) electrons. The van der Waals surface area contributed by atoms with Crippen LogP contribution >= 0.6 is 0 Å². The van der Waals surface area contributed by atoms with Crippen LogP contribution in [0.25, 0.3) is 0 Å². The zero-order valence-corrected chi connectivity index (χ0v) is 11.7. The number of rotatable bonds is 4. The number of anilines is 1. The Hall–Kier alpha value is -1.62. The van der Waals surface area contributed by atoms with Crippen LogP contribution in [0.2, 0.25) is 0 Å². The van der Waals surface area contributed by atoms with Crippen molar-refractivity contribution in [3.63, 3.8) is 0 Å². The van der Waals surface area contributed by atoms with Crippen molar-refractivity contribution in [2.75, 3.05) is 38.5 Å². The van der Waals surface area contributed by atoms with Gasteiger partial charge in [0.25, 0.3) is 0 Å². The number of likely N-dealkylation sites (N-methyl/N-ethyl adjacent to an activating group) is 1. The fourth-order valence-corrected chi connectivity index (χ4v) is 2.26. The smallest absolute Gasteiger partial charge is 0.236 e. The molecule has 0 unspecified atom stereocenters. The average molecular weight is 262 g/mol. The summed E-state index contributed by atoms with van der Waals surface area (Å²) in [5.74, 6) is 1.10. The van der Waals surface area contributed by atoms with Gasteiger partial charge in [0.2, 0.25) is 5.91 Å². The lowest BCUT2D eigenvalue weighted by Crippen LogP contribution is -2.34. The van der Waals surface area contributed by atoms with E-state index in [2.05, 4.69) is 22.1 Å². The third-order valence-corrected chi connectivity index (χ3v) is 3.30. The van der Waals surface area contributed by atoms with Gasteiger partial charge in [-0.15, -0.1) is 0 Å². The first-order valence-electron chi connectivity index (χ1n) is 6.85. The Morgan fingerprint density at radius 2 is 2.21 bits per heavy atom. The summed E-state index contributed by atoms with van der Waals surface area (Å²) in [6.07, 6.45) is 1.02. The summed E-state index contributed by atoms with van der Waals surface area (Å²) in [7, 11) is 1.87. The van der Waals surface area contributed by atoms with Crippen molar-refractivity contribution < 1.29 is 4.79 Å². The topological polar surface area (TPSA) is 48.5 Å². The van der Waals surface area contributed by atoms with Crippen LogP contribution in [0.4, 0.5) is 5.82 Å². The van der Waals surface area contributed by atoms with Crippen molar-refractivity contribution >= 4 is 11.7 Å². The molecule has 1 N–H and O–H groups in total. The van der Waals surface area contributed by atoms with E-state index >= 15 is 0 Å². The minimum Gasteiger partial charge on any atom is -0.370 e. The third-order valence-electron chi connectivity index (χ3n) is 3.30. The van der Waals surface area contributed by atoms with E-state index in [1.807, 2.05) is 30.1 Å². The average Bonchev–Trinajstić information content (AvgIpc) is 2.53. The first-order valence-corrected chi connectivity index (χ1v) is 6.85. The Morgan fingerprint density at radius 1 is 1.37 bits per heavy atom. The number of nitrogens with one attached hydrogen (secondary N) is 1. The number of carbonyl (C=O) groups is 1. The highest BCUT2D eigenvalue weighted by atomic mass is 16.2. The van der Waals surface area contributed by atoms with Gasteiger partial charge in [-0.1, -0.05) is 6.07 Å². The van der Waals surface area contributed by atoms with Crippen molar-refractivity contribution in [3.8, 4) is 0 Å². The second-order valence-corrected chi connectivity index (χ2v) is 4.92. The largest absolute Gasteiger partial charge is 0.370 e. The van der Waals surface area contributed by atoms with Crippen LogP contribution in [-0.4, -0.2) is 53.9 Å². The van der Waals surface area contributed by atoms with Gasteiger partial charge in [0.05, 0.1) is 12.2 Å². The number of nitrogens with zero attached hydrogens (tertiary/aromatic N) is 3.